The molecule has 0 amide bonds. The van der Waals surface area contributed by atoms with Gasteiger partial charge in [-0.25, -0.2) is 13.6 Å². The van der Waals surface area contributed by atoms with E-state index in [0.717, 1.165) is 43.5 Å². The lowest BCUT2D eigenvalue weighted by molar-refractivity contribution is 0.426. The molecule has 5 nitrogen and oxygen atoms in total. The normalized spacial score (nSPS) is 11.6. The first-order valence-corrected chi connectivity index (χ1v) is 11.6. The maximum Gasteiger partial charge on any atom is 0.238 e. The van der Waals surface area contributed by atoms with E-state index in [0.29, 0.717) is 5.76 Å². The molecule has 0 aliphatic carbocycles. The number of sulfonamides is 1. The molecule has 7 heteroatoms. The molecule has 0 bridgehead atoms. The van der Waals surface area contributed by atoms with E-state index in [4.69, 9.17) is 9.66 Å². The second kappa shape index (κ2) is 7.83. The molecule has 0 aliphatic rings. The van der Waals surface area contributed by atoms with Crippen molar-refractivity contribution in [2.75, 3.05) is 0 Å². The molecule has 152 valence electrons. The first kappa shape index (κ1) is 20.5. The average molecular weight is 483 g/mol. The van der Waals surface area contributed by atoms with Crippen LogP contribution < -0.4 is 5.14 Å². The molecule has 4 aromatic rings. The molecule has 0 fully saturated rings. The summed E-state index contributed by atoms with van der Waals surface area (Å²) < 4.78 is 29.6. The quantitative estimate of drug-likeness (QED) is 0.403. The van der Waals surface area contributed by atoms with E-state index in [1.807, 2.05) is 44.2 Å². The maximum atomic E-state index is 11.6. The Balaban J connectivity index is 1.95. The van der Waals surface area contributed by atoms with Crippen LogP contribution in [0.15, 0.2) is 80.6 Å². The minimum atomic E-state index is -3.74. The van der Waals surface area contributed by atoms with Gasteiger partial charge in [0, 0.05) is 5.56 Å². The highest BCUT2D eigenvalue weighted by Gasteiger charge is 2.20. The van der Waals surface area contributed by atoms with Gasteiger partial charge in [-0.15, -0.1) is 0 Å². The maximum absolute atomic E-state index is 11.6. The summed E-state index contributed by atoms with van der Waals surface area (Å²) in [6, 6.07) is 20.7. The van der Waals surface area contributed by atoms with E-state index in [9.17, 15) is 8.42 Å². The average Bonchev–Trinajstić information content (AvgIpc) is 3.06. The van der Waals surface area contributed by atoms with Gasteiger partial charge in [0.1, 0.15) is 0 Å². The fourth-order valence-electron chi connectivity index (χ4n) is 3.53. The van der Waals surface area contributed by atoms with E-state index in [1.165, 1.54) is 12.1 Å². The molecule has 0 spiro atoms. The second-order valence-corrected chi connectivity index (χ2v) is 9.36. The number of nitrogens with zero attached hydrogens (tertiary/aromatic N) is 1. The smallest absolute Gasteiger partial charge is 0.238 e. The molecule has 0 aliphatic heterocycles. The van der Waals surface area contributed by atoms with Crippen LogP contribution in [0.3, 0.4) is 0 Å². The van der Waals surface area contributed by atoms with Gasteiger partial charge >= 0.3 is 0 Å². The second-order valence-electron chi connectivity index (χ2n) is 7.01. The minimum Gasteiger partial charge on any atom is -0.355 e. The number of primary sulfonamides is 1. The van der Waals surface area contributed by atoms with Crippen molar-refractivity contribution in [2.45, 2.75) is 18.7 Å². The van der Waals surface area contributed by atoms with Crippen molar-refractivity contribution in [3.8, 4) is 33.6 Å². The van der Waals surface area contributed by atoms with Gasteiger partial charge in [-0.05, 0) is 69.7 Å². The zero-order chi connectivity index (χ0) is 21.5. The van der Waals surface area contributed by atoms with Crippen LogP contribution in [-0.2, 0) is 10.0 Å². The van der Waals surface area contributed by atoms with Crippen molar-refractivity contribution >= 4 is 26.0 Å². The standard InChI is InChI=1S/C23H19BrN2O3S/c1-14-19(23-22(24)15(2)26-29-23)12-13-20(21(14)17-6-4-3-5-7-17)16-8-10-18(11-9-16)30(25,27)28/h3-13H,1-2H3,(H2,25,27,28). The van der Waals surface area contributed by atoms with Crippen LogP contribution in [0, 0.1) is 13.8 Å². The number of benzene rings is 3. The number of rotatable bonds is 4. The van der Waals surface area contributed by atoms with E-state index in [1.54, 1.807) is 12.1 Å². The van der Waals surface area contributed by atoms with Crippen LogP contribution in [0.25, 0.3) is 33.6 Å². The summed E-state index contributed by atoms with van der Waals surface area (Å²) in [6.07, 6.45) is 0. The highest BCUT2D eigenvalue weighted by Crippen LogP contribution is 2.41. The summed E-state index contributed by atoms with van der Waals surface area (Å²) in [4.78, 5) is 0.0851. The molecule has 2 N–H and O–H groups in total. The summed E-state index contributed by atoms with van der Waals surface area (Å²) in [5.74, 6) is 0.679. The highest BCUT2D eigenvalue weighted by molar-refractivity contribution is 9.10. The molecule has 1 heterocycles. The Kier molecular flexibility index (Phi) is 5.36. The van der Waals surface area contributed by atoms with E-state index >= 15 is 0 Å². The number of halogens is 1. The Morgan fingerprint density at radius 2 is 1.50 bits per heavy atom. The van der Waals surface area contributed by atoms with Crippen LogP contribution in [0.1, 0.15) is 11.3 Å². The number of hydrogen-bond acceptors (Lipinski definition) is 4. The van der Waals surface area contributed by atoms with Crippen molar-refractivity contribution in [3.63, 3.8) is 0 Å². The summed E-state index contributed by atoms with van der Waals surface area (Å²) in [6.45, 7) is 3.93. The Morgan fingerprint density at radius 1 is 0.867 bits per heavy atom. The van der Waals surface area contributed by atoms with Crippen LogP contribution in [-0.4, -0.2) is 13.6 Å². The molecule has 0 saturated carbocycles. The van der Waals surface area contributed by atoms with Gasteiger partial charge in [0.2, 0.25) is 10.0 Å². The summed E-state index contributed by atoms with van der Waals surface area (Å²) in [5.41, 5.74) is 6.72. The van der Waals surface area contributed by atoms with Crippen LogP contribution in [0.5, 0.6) is 0 Å². The van der Waals surface area contributed by atoms with Crippen molar-refractivity contribution in [2.24, 2.45) is 5.14 Å². The van der Waals surface area contributed by atoms with Crippen molar-refractivity contribution < 1.29 is 12.9 Å². The van der Waals surface area contributed by atoms with Gasteiger partial charge in [0.25, 0.3) is 0 Å². The van der Waals surface area contributed by atoms with Crippen LogP contribution in [0.4, 0.5) is 0 Å². The third kappa shape index (κ3) is 3.71. The predicted molar refractivity (Wildman–Crippen MR) is 121 cm³/mol. The van der Waals surface area contributed by atoms with Gasteiger partial charge in [0.05, 0.1) is 15.1 Å². The number of aromatic nitrogens is 1. The highest BCUT2D eigenvalue weighted by atomic mass is 79.9. The third-order valence-electron chi connectivity index (χ3n) is 5.06. The first-order valence-electron chi connectivity index (χ1n) is 9.22. The fraction of sp³-hybridized carbons (Fsp3) is 0.0870. The van der Waals surface area contributed by atoms with Crippen molar-refractivity contribution in [1.29, 1.82) is 0 Å². The zero-order valence-corrected chi connectivity index (χ0v) is 18.8. The largest absolute Gasteiger partial charge is 0.355 e. The first-order chi connectivity index (χ1) is 14.3. The van der Waals surface area contributed by atoms with Gasteiger partial charge in [-0.1, -0.05) is 59.8 Å². The van der Waals surface area contributed by atoms with E-state index in [-0.39, 0.29) is 4.90 Å². The topological polar surface area (TPSA) is 86.2 Å². The fourth-order valence-corrected chi connectivity index (χ4v) is 4.40. The van der Waals surface area contributed by atoms with Gasteiger partial charge in [0.15, 0.2) is 5.76 Å². The Hall–Kier alpha value is -2.74. The summed E-state index contributed by atoms with van der Waals surface area (Å²) in [7, 11) is -3.74. The molecule has 30 heavy (non-hydrogen) atoms. The number of aryl methyl sites for hydroxylation is 1. The van der Waals surface area contributed by atoms with Crippen LogP contribution in [0.2, 0.25) is 0 Å². The SMILES string of the molecule is Cc1noc(-c2ccc(-c3ccc(S(N)(=O)=O)cc3)c(-c3ccccc3)c2C)c1Br. The molecule has 0 saturated heterocycles. The molecule has 0 radical (unpaired) electrons. The lowest BCUT2D eigenvalue weighted by Crippen LogP contribution is -2.11. The Morgan fingerprint density at radius 3 is 2.07 bits per heavy atom. The molecule has 1 aromatic heterocycles. The van der Waals surface area contributed by atoms with Gasteiger partial charge < -0.3 is 4.52 Å². The lowest BCUT2D eigenvalue weighted by atomic mass is 9.88. The third-order valence-corrected chi connectivity index (χ3v) is 6.92. The van der Waals surface area contributed by atoms with Crippen molar-refractivity contribution in [3.05, 3.63) is 82.5 Å². The molecule has 4 rings (SSSR count). The zero-order valence-electron chi connectivity index (χ0n) is 16.4. The lowest BCUT2D eigenvalue weighted by Gasteiger charge is -2.17. The Labute approximate surface area is 183 Å². The number of nitrogens with two attached hydrogens (primary N) is 1. The molecule has 0 atom stereocenters. The molecule has 3 aromatic carbocycles. The molecule has 0 unspecified atom stereocenters. The molecular formula is C23H19BrN2O3S. The summed E-state index contributed by atoms with van der Waals surface area (Å²) in [5, 5.41) is 9.30. The predicted octanol–water partition coefficient (Wildman–Crippen LogP) is 5.70. The summed E-state index contributed by atoms with van der Waals surface area (Å²) >= 11 is 3.57. The molecular weight excluding hydrogens is 464 g/mol. The van der Waals surface area contributed by atoms with E-state index < -0.39 is 10.0 Å². The Bertz CT molecular complexity index is 1330. The van der Waals surface area contributed by atoms with Crippen LogP contribution >= 0.6 is 15.9 Å². The van der Waals surface area contributed by atoms with Gasteiger partial charge in [-0.3, -0.25) is 0 Å². The van der Waals surface area contributed by atoms with E-state index in [2.05, 4.69) is 33.2 Å². The monoisotopic (exact) mass is 482 g/mol. The van der Waals surface area contributed by atoms with Crippen molar-refractivity contribution in [1.82, 2.24) is 5.16 Å². The van der Waals surface area contributed by atoms with Gasteiger partial charge in [-0.2, -0.15) is 0 Å². The number of hydrogen-bond donors (Lipinski definition) is 1. The minimum absolute atomic E-state index is 0.0851.